The lowest BCUT2D eigenvalue weighted by molar-refractivity contribution is 0.482. The Labute approximate surface area is 146 Å². The van der Waals surface area contributed by atoms with Crippen molar-refractivity contribution in [3.05, 3.63) is 64.1 Å². The third-order valence-corrected chi connectivity index (χ3v) is 6.01. The number of aromatic hydroxyl groups is 1. The van der Waals surface area contributed by atoms with Gasteiger partial charge in [-0.25, -0.2) is 8.42 Å². The first-order chi connectivity index (χ1) is 10.9. The number of benzene rings is 3. The van der Waals surface area contributed by atoms with Gasteiger partial charge >= 0.3 is 0 Å². The minimum absolute atomic E-state index is 0.0773. The van der Waals surface area contributed by atoms with Crippen molar-refractivity contribution >= 4 is 54.0 Å². The molecule has 0 aliphatic heterocycles. The fourth-order valence-electron chi connectivity index (χ4n) is 2.27. The van der Waals surface area contributed by atoms with Gasteiger partial charge in [0.25, 0.3) is 10.0 Å². The number of sulfonamides is 1. The van der Waals surface area contributed by atoms with Crippen molar-refractivity contribution in [1.82, 2.24) is 0 Å². The summed E-state index contributed by atoms with van der Waals surface area (Å²) in [4.78, 5) is 0.119. The van der Waals surface area contributed by atoms with Crippen LogP contribution in [-0.4, -0.2) is 13.5 Å². The normalized spacial score (nSPS) is 11.6. The topological polar surface area (TPSA) is 66.4 Å². The average Bonchev–Trinajstić information content (AvgIpc) is 2.52. The number of fused-ring (bicyclic) bond motifs is 1. The number of phenolic OH excluding ortho intramolecular Hbond substituents is 1. The Kier molecular flexibility index (Phi) is 4.23. The summed E-state index contributed by atoms with van der Waals surface area (Å²) < 4.78 is 28.2. The third-order valence-electron chi connectivity index (χ3n) is 3.34. The van der Waals surface area contributed by atoms with E-state index in [-0.39, 0.29) is 15.7 Å². The second-order valence-corrected chi connectivity index (χ2v) is 7.75. The van der Waals surface area contributed by atoms with Gasteiger partial charge in [0, 0.05) is 15.2 Å². The van der Waals surface area contributed by atoms with E-state index < -0.39 is 10.0 Å². The van der Waals surface area contributed by atoms with E-state index in [1.54, 1.807) is 42.5 Å². The maximum atomic E-state index is 12.6. The van der Waals surface area contributed by atoms with E-state index in [0.29, 0.717) is 20.9 Å². The van der Waals surface area contributed by atoms with Gasteiger partial charge in [-0.3, -0.25) is 4.72 Å². The minimum atomic E-state index is -3.80. The highest BCUT2D eigenvalue weighted by molar-refractivity contribution is 9.10. The molecule has 0 saturated carbocycles. The summed E-state index contributed by atoms with van der Waals surface area (Å²) in [5.74, 6) is -0.0777. The van der Waals surface area contributed by atoms with Gasteiger partial charge in [-0.05, 0) is 34.1 Å². The molecule has 7 heteroatoms. The lowest BCUT2D eigenvalue weighted by Gasteiger charge is -2.13. The van der Waals surface area contributed by atoms with Crippen LogP contribution in [0.3, 0.4) is 0 Å². The second kappa shape index (κ2) is 6.03. The molecule has 0 radical (unpaired) electrons. The van der Waals surface area contributed by atoms with Crippen LogP contribution in [0.15, 0.2) is 64.0 Å². The summed E-state index contributed by atoms with van der Waals surface area (Å²) >= 11 is 9.24. The smallest absolute Gasteiger partial charge is 0.263 e. The number of phenols is 1. The highest BCUT2D eigenvalue weighted by Gasteiger charge is 2.19. The molecule has 4 nitrogen and oxygen atoms in total. The molecule has 0 aliphatic carbocycles. The Hall–Kier alpha value is -1.76. The summed E-state index contributed by atoms with van der Waals surface area (Å²) in [6.07, 6.45) is 0. The highest BCUT2D eigenvalue weighted by atomic mass is 79.9. The zero-order chi connectivity index (χ0) is 16.6. The van der Waals surface area contributed by atoms with Crippen molar-refractivity contribution in [3.8, 4) is 5.75 Å². The van der Waals surface area contributed by atoms with Crippen molar-refractivity contribution in [2.75, 3.05) is 4.72 Å². The van der Waals surface area contributed by atoms with E-state index in [1.165, 1.54) is 12.1 Å². The van der Waals surface area contributed by atoms with E-state index in [9.17, 15) is 13.5 Å². The van der Waals surface area contributed by atoms with Gasteiger partial charge in [0.15, 0.2) is 0 Å². The van der Waals surface area contributed by atoms with Crippen molar-refractivity contribution in [2.45, 2.75) is 4.90 Å². The van der Waals surface area contributed by atoms with Crippen LogP contribution >= 0.6 is 27.5 Å². The number of rotatable bonds is 3. The summed E-state index contributed by atoms with van der Waals surface area (Å²) in [6, 6.07) is 14.8. The summed E-state index contributed by atoms with van der Waals surface area (Å²) in [7, 11) is -3.80. The predicted octanol–water partition coefficient (Wildman–Crippen LogP) is 4.76. The van der Waals surface area contributed by atoms with Crippen LogP contribution < -0.4 is 4.72 Å². The number of halogens is 2. The number of nitrogens with one attached hydrogen (secondary N) is 1. The average molecular weight is 413 g/mol. The largest absolute Gasteiger partial charge is 0.506 e. The van der Waals surface area contributed by atoms with Crippen LogP contribution in [0.4, 0.5) is 5.69 Å². The molecule has 3 rings (SSSR count). The lowest BCUT2D eigenvalue weighted by atomic mass is 10.1. The van der Waals surface area contributed by atoms with Gasteiger partial charge in [0.05, 0.1) is 10.7 Å². The Morgan fingerprint density at radius 2 is 1.61 bits per heavy atom. The Morgan fingerprint density at radius 3 is 2.30 bits per heavy atom. The fraction of sp³-hybridized carbons (Fsp3) is 0. The van der Waals surface area contributed by atoms with E-state index in [1.807, 2.05) is 0 Å². The SMILES string of the molecule is O=S(=O)(Nc1cc(Cl)c(O)c2ccccc12)c1ccccc1Br. The Bertz CT molecular complexity index is 1010. The second-order valence-electron chi connectivity index (χ2n) is 4.84. The van der Waals surface area contributed by atoms with E-state index in [2.05, 4.69) is 20.7 Å². The van der Waals surface area contributed by atoms with E-state index >= 15 is 0 Å². The van der Waals surface area contributed by atoms with Crippen LogP contribution in [0.5, 0.6) is 5.75 Å². The molecule has 0 atom stereocenters. The van der Waals surface area contributed by atoms with Gasteiger partial charge < -0.3 is 5.11 Å². The van der Waals surface area contributed by atoms with Crippen molar-refractivity contribution in [3.63, 3.8) is 0 Å². The van der Waals surface area contributed by atoms with Crippen LogP contribution in [0.25, 0.3) is 10.8 Å². The first-order valence-corrected chi connectivity index (χ1v) is 9.23. The molecule has 0 saturated heterocycles. The number of hydrogen-bond acceptors (Lipinski definition) is 3. The lowest BCUT2D eigenvalue weighted by Crippen LogP contribution is -2.13. The van der Waals surface area contributed by atoms with Gasteiger partial charge in [-0.1, -0.05) is 48.0 Å². The van der Waals surface area contributed by atoms with Gasteiger partial charge in [0.2, 0.25) is 0 Å². The van der Waals surface area contributed by atoms with Crippen molar-refractivity contribution in [2.24, 2.45) is 0 Å². The zero-order valence-electron chi connectivity index (χ0n) is 11.6. The van der Waals surface area contributed by atoms with Crippen molar-refractivity contribution in [1.29, 1.82) is 0 Å². The van der Waals surface area contributed by atoms with Crippen molar-refractivity contribution < 1.29 is 13.5 Å². The summed E-state index contributed by atoms with van der Waals surface area (Å²) in [6.45, 7) is 0. The van der Waals surface area contributed by atoms with E-state index in [4.69, 9.17) is 11.6 Å². The molecular weight excluding hydrogens is 402 g/mol. The molecule has 3 aromatic rings. The zero-order valence-corrected chi connectivity index (χ0v) is 14.8. The summed E-state index contributed by atoms with van der Waals surface area (Å²) in [5, 5.41) is 11.1. The molecule has 3 aromatic carbocycles. The fourth-order valence-corrected chi connectivity index (χ4v) is 4.56. The van der Waals surface area contributed by atoms with Crippen LogP contribution in [0.2, 0.25) is 5.02 Å². The third kappa shape index (κ3) is 3.02. The van der Waals surface area contributed by atoms with Gasteiger partial charge in [-0.2, -0.15) is 0 Å². The molecule has 118 valence electrons. The molecule has 0 spiro atoms. The molecule has 23 heavy (non-hydrogen) atoms. The van der Waals surface area contributed by atoms with Gasteiger partial charge in [0.1, 0.15) is 10.6 Å². The molecule has 2 N–H and O–H groups in total. The first-order valence-electron chi connectivity index (χ1n) is 6.58. The van der Waals surface area contributed by atoms with Crippen LogP contribution in [-0.2, 0) is 10.0 Å². The van der Waals surface area contributed by atoms with Gasteiger partial charge in [-0.15, -0.1) is 0 Å². The molecule has 0 aromatic heterocycles. The number of hydrogen-bond donors (Lipinski definition) is 2. The molecule has 0 amide bonds. The number of anilines is 1. The Morgan fingerprint density at radius 1 is 1.00 bits per heavy atom. The molecule has 0 unspecified atom stereocenters. The van der Waals surface area contributed by atoms with Crippen LogP contribution in [0.1, 0.15) is 0 Å². The summed E-state index contributed by atoms with van der Waals surface area (Å²) in [5.41, 5.74) is 0.305. The maximum Gasteiger partial charge on any atom is 0.263 e. The quantitative estimate of drug-likeness (QED) is 0.609. The molecule has 0 heterocycles. The first kappa shape index (κ1) is 16.1. The molecule has 0 fully saturated rings. The maximum absolute atomic E-state index is 12.6. The molecule has 0 bridgehead atoms. The molecular formula is C16H11BrClNO3S. The Balaban J connectivity index is 2.16. The minimum Gasteiger partial charge on any atom is -0.506 e. The van der Waals surface area contributed by atoms with Crippen LogP contribution in [0, 0.1) is 0 Å². The standard InChI is InChI=1S/C16H11BrClNO3S/c17-12-7-3-4-8-15(12)23(21,22)19-14-9-13(18)16(20)11-6-2-1-5-10(11)14/h1-9,19-20H. The highest BCUT2D eigenvalue weighted by Crippen LogP contribution is 2.38. The molecule has 0 aliphatic rings. The predicted molar refractivity (Wildman–Crippen MR) is 95.6 cm³/mol. The van der Waals surface area contributed by atoms with E-state index in [0.717, 1.165) is 0 Å². The monoisotopic (exact) mass is 411 g/mol.